The first-order valence-electron chi connectivity index (χ1n) is 7.22. The number of carbonyl (C=O) groups is 1. The summed E-state index contributed by atoms with van der Waals surface area (Å²) in [5.74, 6) is 0.616. The molecular weight excluding hydrogens is 272 g/mol. The highest BCUT2D eigenvalue weighted by molar-refractivity contribution is 5.85. The molecule has 0 saturated carbocycles. The minimum Gasteiger partial charge on any atom is -0.352 e. The highest BCUT2D eigenvalue weighted by atomic mass is 35.5. The van der Waals surface area contributed by atoms with Gasteiger partial charge >= 0.3 is 0 Å². The molecule has 1 aromatic carbocycles. The molecule has 1 fully saturated rings. The van der Waals surface area contributed by atoms with Gasteiger partial charge in [-0.3, -0.25) is 4.79 Å². The molecule has 1 amide bonds. The molecule has 0 aliphatic carbocycles. The first kappa shape index (κ1) is 17.0. The van der Waals surface area contributed by atoms with Crippen LogP contribution < -0.4 is 10.6 Å². The van der Waals surface area contributed by atoms with Gasteiger partial charge in [0.15, 0.2) is 0 Å². The summed E-state index contributed by atoms with van der Waals surface area (Å²) in [5.41, 5.74) is 1.24. The van der Waals surface area contributed by atoms with Crippen molar-refractivity contribution in [1.29, 1.82) is 0 Å². The second-order valence-corrected chi connectivity index (χ2v) is 5.74. The lowest BCUT2D eigenvalue weighted by atomic mass is 9.88. The van der Waals surface area contributed by atoms with Gasteiger partial charge in [-0.1, -0.05) is 44.2 Å². The Morgan fingerprint density at radius 2 is 2.05 bits per heavy atom. The van der Waals surface area contributed by atoms with Crippen LogP contribution in [0.4, 0.5) is 0 Å². The van der Waals surface area contributed by atoms with Crippen molar-refractivity contribution in [2.45, 2.75) is 32.7 Å². The van der Waals surface area contributed by atoms with Crippen molar-refractivity contribution >= 4 is 18.3 Å². The smallest absolute Gasteiger partial charge is 0.223 e. The van der Waals surface area contributed by atoms with Crippen LogP contribution in [-0.4, -0.2) is 25.0 Å². The normalized spacial score (nSPS) is 19.4. The molecule has 0 radical (unpaired) electrons. The number of amides is 1. The molecule has 2 unspecified atom stereocenters. The van der Waals surface area contributed by atoms with Crippen LogP contribution in [0.25, 0.3) is 0 Å². The summed E-state index contributed by atoms with van der Waals surface area (Å²) >= 11 is 0. The van der Waals surface area contributed by atoms with Crippen LogP contribution >= 0.6 is 12.4 Å². The summed E-state index contributed by atoms with van der Waals surface area (Å²) in [6.07, 6.45) is 1.87. The zero-order valence-corrected chi connectivity index (χ0v) is 13.1. The molecular formula is C16H25ClN2O. The van der Waals surface area contributed by atoms with E-state index in [4.69, 9.17) is 0 Å². The summed E-state index contributed by atoms with van der Waals surface area (Å²) in [5, 5.41) is 6.46. The van der Waals surface area contributed by atoms with E-state index in [2.05, 4.69) is 36.6 Å². The first-order chi connectivity index (χ1) is 9.16. The van der Waals surface area contributed by atoms with E-state index in [-0.39, 0.29) is 24.2 Å². The van der Waals surface area contributed by atoms with Gasteiger partial charge in [0.25, 0.3) is 0 Å². The number of carbonyl (C=O) groups excluding carboxylic acids is 1. The number of halogens is 1. The standard InChI is InChI=1S/C16H24N2O.ClH/c1-12(2)15(10-13-6-4-3-5-7-13)16(19)18-14-8-9-17-11-14;/h3-7,12,14-15,17H,8-11H2,1-2H3,(H,18,19);1H. The number of hydrogen-bond acceptors (Lipinski definition) is 2. The second kappa shape index (κ2) is 8.28. The average molecular weight is 297 g/mol. The van der Waals surface area contributed by atoms with Gasteiger partial charge in [-0.15, -0.1) is 12.4 Å². The molecule has 1 saturated heterocycles. The SMILES string of the molecule is CC(C)C(Cc1ccccc1)C(=O)NC1CCNC1.Cl. The van der Waals surface area contributed by atoms with Gasteiger partial charge in [0.05, 0.1) is 0 Å². The van der Waals surface area contributed by atoms with Gasteiger partial charge in [0, 0.05) is 18.5 Å². The van der Waals surface area contributed by atoms with Crippen molar-refractivity contribution in [2.75, 3.05) is 13.1 Å². The maximum atomic E-state index is 12.4. The zero-order valence-electron chi connectivity index (χ0n) is 12.3. The van der Waals surface area contributed by atoms with Gasteiger partial charge in [-0.25, -0.2) is 0 Å². The Kier molecular flexibility index (Phi) is 7.03. The van der Waals surface area contributed by atoms with Crippen LogP contribution in [0.15, 0.2) is 30.3 Å². The predicted molar refractivity (Wildman–Crippen MR) is 85.1 cm³/mol. The van der Waals surface area contributed by atoms with Crippen LogP contribution in [0.5, 0.6) is 0 Å². The molecule has 1 heterocycles. The fourth-order valence-corrected chi connectivity index (χ4v) is 2.59. The Labute approximate surface area is 127 Å². The number of rotatable bonds is 5. The van der Waals surface area contributed by atoms with Crippen LogP contribution in [0.3, 0.4) is 0 Å². The van der Waals surface area contributed by atoms with Crippen LogP contribution in [0.2, 0.25) is 0 Å². The molecule has 1 aliphatic heterocycles. The molecule has 4 heteroatoms. The Balaban J connectivity index is 0.00000200. The number of nitrogens with one attached hydrogen (secondary N) is 2. The van der Waals surface area contributed by atoms with E-state index in [1.54, 1.807) is 0 Å². The van der Waals surface area contributed by atoms with E-state index in [9.17, 15) is 4.79 Å². The predicted octanol–water partition coefficient (Wildman–Crippen LogP) is 2.40. The van der Waals surface area contributed by atoms with Crippen LogP contribution in [-0.2, 0) is 11.2 Å². The molecule has 0 spiro atoms. The lowest BCUT2D eigenvalue weighted by Gasteiger charge is -2.22. The molecule has 1 aromatic rings. The summed E-state index contributed by atoms with van der Waals surface area (Å²) in [7, 11) is 0. The minimum atomic E-state index is 0. The number of benzene rings is 1. The van der Waals surface area contributed by atoms with E-state index in [0.29, 0.717) is 12.0 Å². The van der Waals surface area contributed by atoms with Crippen molar-refractivity contribution in [3.05, 3.63) is 35.9 Å². The lowest BCUT2D eigenvalue weighted by Crippen LogP contribution is -2.42. The van der Waals surface area contributed by atoms with Gasteiger partial charge in [-0.2, -0.15) is 0 Å². The monoisotopic (exact) mass is 296 g/mol. The van der Waals surface area contributed by atoms with Gasteiger partial charge in [-0.05, 0) is 30.9 Å². The third-order valence-corrected chi connectivity index (χ3v) is 3.85. The fraction of sp³-hybridized carbons (Fsp3) is 0.562. The zero-order chi connectivity index (χ0) is 13.7. The Hall–Kier alpha value is -1.06. The maximum absolute atomic E-state index is 12.4. The largest absolute Gasteiger partial charge is 0.352 e. The Morgan fingerprint density at radius 1 is 1.35 bits per heavy atom. The molecule has 1 aliphatic rings. The number of hydrogen-bond donors (Lipinski definition) is 2. The topological polar surface area (TPSA) is 41.1 Å². The van der Waals surface area contributed by atoms with Crippen molar-refractivity contribution < 1.29 is 4.79 Å². The minimum absolute atomic E-state index is 0. The van der Waals surface area contributed by atoms with Crippen molar-refractivity contribution in [3.8, 4) is 0 Å². The first-order valence-corrected chi connectivity index (χ1v) is 7.22. The van der Waals surface area contributed by atoms with Crippen molar-refractivity contribution in [3.63, 3.8) is 0 Å². The molecule has 2 N–H and O–H groups in total. The summed E-state index contributed by atoms with van der Waals surface area (Å²) in [6.45, 7) is 6.16. The highest BCUT2D eigenvalue weighted by Crippen LogP contribution is 2.18. The Morgan fingerprint density at radius 3 is 2.60 bits per heavy atom. The van der Waals surface area contributed by atoms with Gasteiger partial charge in [0.1, 0.15) is 0 Å². The van der Waals surface area contributed by atoms with E-state index in [1.807, 2.05) is 18.2 Å². The summed E-state index contributed by atoms with van der Waals surface area (Å²) in [6, 6.07) is 10.6. The molecule has 3 nitrogen and oxygen atoms in total. The van der Waals surface area contributed by atoms with E-state index < -0.39 is 0 Å². The van der Waals surface area contributed by atoms with E-state index in [1.165, 1.54) is 5.56 Å². The molecule has 112 valence electrons. The maximum Gasteiger partial charge on any atom is 0.223 e. The highest BCUT2D eigenvalue weighted by Gasteiger charge is 2.25. The van der Waals surface area contributed by atoms with Crippen molar-refractivity contribution in [1.82, 2.24) is 10.6 Å². The second-order valence-electron chi connectivity index (χ2n) is 5.74. The molecule has 2 atom stereocenters. The van der Waals surface area contributed by atoms with Crippen LogP contribution in [0, 0.1) is 11.8 Å². The third kappa shape index (κ3) is 4.80. The van der Waals surface area contributed by atoms with E-state index in [0.717, 1.165) is 25.9 Å². The quantitative estimate of drug-likeness (QED) is 0.876. The van der Waals surface area contributed by atoms with Gasteiger partial charge < -0.3 is 10.6 Å². The molecule has 0 aromatic heterocycles. The van der Waals surface area contributed by atoms with Crippen molar-refractivity contribution in [2.24, 2.45) is 11.8 Å². The average Bonchev–Trinajstić information content (AvgIpc) is 2.89. The molecule has 0 bridgehead atoms. The molecule has 2 rings (SSSR count). The molecule has 20 heavy (non-hydrogen) atoms. The van der Waals surface area contributed by atoms with Crippen LogP contribution in [0.1, 0.15) is 25.8 Å². The lowest BCUT2D eigenvalue weighted by molar-refractivity contribution is -0.126. The van der Waals surface area contributed by atoms with E-state index >= 15 is 0 Å². The van der Waals surface area contributed by atoms with Gasteiger partial charge in [0.2, 0.25) is 5.91 Å². The fourth-order valence-electron chi connectivity index (χ4n) is 2.59. The third-order valence-electron chi connectivity index (χ3n) is 3.85. The Bertz CT molecular complexity index is 402. The summed E-state index contributed by atoms with van der Waals surface area (Å²) < 4.78 is 0. The summed E-state index contributed by atoms with van der Waals surface area (Å²) in [4.78, 5) is 12.4.